The molecule has 13 heteroatoms. The summed E-state index contributed by atoms with van der Waals surface area (Å²) < 4.78 is 54.4. The van der Waals surface area contributed by atoms with Gasteiger partial charge in [-0.3, -0.25) is 14.2 Å². The molecule has 0 aliphatic carbocycles. The van der Waals surface area contributed by atoms with E-state index >= 15 is 0 Å². The first-order valence-electron chi connectivity index (χ1n) is 12.3. The minimum atomic E-state index is -3.89. The number of anilines is 2. The molecule has 40 heavy (non-hydrogen) atoms. The fourth-order valence-corrected chi connectivity index (χ4v) is 5.35. The lowest BCUT2D eigenvalue weighted by Crippen LogP contribution is -2.31. The zero-order valence-electron chi connectivity index (χ0n) is 22.1. The third kappa shape index (κ3) is 5.24. The Kier molecular flexibility index (Phi) is 6.78. The monoisotopic (exact) mass is 568 g/mol. The number of nitrogens with one attached hydrogen (secondary N) is 2. The highest BCUT2D eigenvalue weighted by Crippen LogP contribution is 2.31. The quantitative estimate of drug-likeness (QED) is 0.363. The van der Waals surface area contributed by atoms with Gasteiger partial charge in [0.15, 0.2) is 5.69 Å². The van der Waals surface area contributed by atoms with Gasteiger partial charge in [-0.25, -0.2) is 31.9 Å². The molecule has 3 heterocycles. The van der Waals surface area contributed by atoms with Gasteiger partial charge in [-0.2, -0.15) is 0 Å². The number of fused-ring (bicyclic) bond motifs is 2. The van der Waals surface area contributed by atoms with Crippen LogP contribution in [0.15, 0.2) is 47.4 Å². The molecular formula is C27H26F2N6O4S. The van der Waals surface area contributed by atoms with Gasteiger partial charge in [0, 0.05) is 31.8 Å². The maximum atomic E-state index is 14.1. The number of hydrogen-bond donors (Lipinski definition) is 2. The standard InChI is InChI=1S/C27H26F2N6O4S/c1-14-7-20(15(2)31-22-10-19(29)11-30-24(22)25(36)33-40(4,38)39)23-21(8-14)26(37)34(3)27(32-23)35-12-16-5-6-18(28)9-17(16)13-35/h5-11,15,31H,12-13H2,1-4H3,(H,33,36)/t15-/m1/s1. The van der Waals surface area contributed by atoms with E-state index in [0.717, 1.165) is 35.2 Å². The molecule has 2 N–H and O–H groups in total. The molecule has 0 fully saturated rings. The predicted molar refractivity (Wildman–Crippen MR) is 147 cm³/mol. The lowest BCUT2D eigenvalue weighted by Gasteiger charge is -2.23. The Balaban J connectivity index is 1.57. The second-order valence-electron chi connectivity index (χ2n) is 9.91. The molecule has 0 saturated heterocycles. The van der Waals surface area contributed by atoms with Crippen molar-refractivity contribution in [3.05, 3.63) is 92.5 Å². The van der Waals surface area contributed by atoms with Crippen LogP contribution in [-0.2, 0) is 30.2 Å². The predicted octanol–water partition coefficient (Wildman–Crippen LogP) is 3.30. The molecule has 1 atom stereocenters. The summed E-state index contributed by atoms with van der Waals surface area (Å²) in [7, 11) is -2.26. The van der Waals surface area contributed by atoms with Crippen molar-refractivity contribution in [3.63, 3.8) is 0 Å². The van der Waals surface area contributed by atoms with Crippen molar-refractivity contribution in [2.75, 3.05) is 16.5 Å². The number of nitrogens with zero attached hydrogens (tertiary/aromatic N) is 4. The van der Waals surface area contributed by atoms with Crippen molar-refractivity contribution in [1.82, 2.24) is 19.3 Å². The first-order chi connectivity index (χ1) is 18.8. The van der Waals surface area contributed by atoms with Crippen molar-refractivity contribution in [2.45, 2.75) is 33.0 Å². The van der Waals surface area contributed by atoms with E-state index in [0.29, 0.717) is 35.5 Å². The summed E-state index contributed by atoms with van der Waals surface area (Å²) in [6, 6.07) is 8.57. The van der Waals surface area contributed by atoms with Crippen LogP contribution < -0.4 is 20.5 Å². The normalized spacial score (nSPS) is 13.8. The van der Waals surface area contributed by atoms with Gasteiger partial charge in [0.25, 0.3) is 11.5 Å². The number of aryl methyl sites for hydroxylation is 1. The molecule has 10 nitrogen and oxygen atoms in total. The van der Waals surface area contributed by atoms with Crippen LogP contribution in [0.3, 0.4) is 0 Å². The number of benzene rings is 2. The zero-order chi connectivity index (χ0) is 28.9. The van der Waals surface area contributed by atoms with E-state index < -0.39 is 27.8 Å². The summed E-state index contributed by atoms with van der Waals surface area (Å²) in [5.74, 6) is -1.70. The average Bonchev–Trinajstić information content (AvgIpc) is 3.28. The van der Waals surface area contributed by atoms with Gasteiger partial charge in [-0.15, -0.1) is 0 Å². The smallest absolute Gasteiger partial charge is 0.285 e. The molecule has 2 aromatic heterocycles. The van der Waals surface area contributed by atoms with Crippen LogP contribution in [0.2, 0.25) is 0 Å². The number of pyridine rings is 1. The van der Waals surface area contributed by atoms with Crippen LogP contribution in [0.25, 0.3) is 10.9 Å². The van der Waals surface area contributed by atoms with E-state index in [-0.39, 0.29) is 22.8 Å². The Hall–Kier alpha value is -4.39. The van der Waals surface area contributed by atoms with Gasteiger partial charge in [-0.05, 0) is 48.7 Å². The summed E-state index contributed by atoms with van der Waals surface area (Å²) >= 11 is 0. The van der Waals surface area contributed by atoms with E-state index in [9.17, 15) is 26.8 Å². The third-order valence-electron chi connectivity index (χ3n) is 6.69. The number of carbonyl (C=O) groups is 1. The Morgan fingerprint density at radius 2 is 1.80 bits per heavy atom. The number of aromatic nitrogens is 3. The molecule has 208 valence electrons. The molecular weight excluding hydrogens is 542 g/mol. The minimum absolute atomic E-state index is 0.0376. The molecule has 5 rings (SSSR count). The number of halogens is 2. The first-order valence-corrected chi connectivity index (χ1v) is 14.2. The first kappa shape index (κ1) is 27.2. The lowest BCUT2D eigenvalue weighted by atomic mass is 10.0. The second kappa shape index (κ2) is 9.97. The van der Waals surface area contributed by atoms with Gasteiger partial charge in [0.1, 0.15) is 11.6 Å². The summed E-state index contributed by atoms with van der Waals surface area (Å²) in [4.78, 5) is 36.6. The fourth-order valence-electron chi connectivity index (χ4n) is 4.92. The van der Waals surface area contributed by atoms with E-state index in [1.165, 1.54) is 16.7 Å². The molecule has 0 bridgehead atoms. The zero-order valence-corrected chi connectivity index (χ0v) is 22.9. The van der Waals surface area contributed by atoms with Crippen LogP contribution in [0.4, 0.5) is 20.4 Å². The lowest BCUT2D eigenvalue weighted by molar-refractivity contribution is 0.0977. The van der Waals surface area contributed by atoms with E-state index in [4.69, 9.17) is 4.98 Å². The maximum absolute atomic E-state index is 14.1. The van der Waals surface area contributed by atoms with Gasteiger partial charge < -0.3 is 10.2 Å². The van der Waals surface area contributed by atoms with Gasteiger partial charge in [-0.1, -0.05) is 12.1 Å². The van der Waals surface area contributed by atoms with Crippen molar-refractivity contribution in [3.8, 4) is 0 Å². The number of hydrogen-bond acceptors (Lipinski definition) is 8. The van der Waals surface area contributed by atoms with Crippen LogP contribution >= 0.6 is 0 Å². The van der Waals surface area contributed by atoms with Gasteiger partial charge >= 0.3 is 0 Å². The van der Waals surface area contributed by atoms with Crippen molar-refractivity contribution in [2.24, 2.45) is 7.05 Å². The highest BCUT2D eigenvalue weighted by Gasteiger charge is 2.26. The molecule has 0 unspecified atom stereocenters. The molecule has 1 amide bonds. The fraction of sp³-hybridized carbons (Fsp3) is 0.259. The summed E-state index contributed by atoms with van der Waals surface area (Å²) in [6.07, 6.45) is 1.63. The van der Waals surface area contributed by atoms with Crippen LogP contribution in [0, 0.1) is 18.6 Å². The SMILES string of the molecule is Cc1cc([C@@H](C)Nc2cc(F)cnc2C(=O)NS(C)(=O)=O)c2nc(N3Cc4ccc(F)cc4C3)n(C)c(=O)c2c1. The Labute approximate surface area is 228 Å². The summed E-state index contributed by atoms with van der Waals surface area (Å²) in [6.45, 7) is 4.39. The number of sulfonamides is 1. The Morgan fingerprint density at radius 3 is 2.52 bits per heavy atom. The van der Waals surface area contributed by atoms with Crippen LogP contribution in [-0.4, -0.2) is 35.1 Å². The van der Waals surface area contributed by atoms with Gasteiger partial charge in [0.05, 0.1) is 35.1 Å². The molecule has 4 aromatic rings. The van der Waals surface area contributed by atoms with Crippen LogP contribution in [0.5, 0.6) is 0 Å². The molecule has 1 aliphatic rings. The largest absolute Gasteiger partial charge is 0.376 e. The van der Waals surface area contributed by atoms with E-state index in [2.05, 4.69) is 10.3 Å². The molecule has 2 aromatic carbocycles. The van der Waals surface area contributed by atoms with E-state index in [1.807, 2.05) is 22.6 Å². The molecule has 1 aliphatic heterocycles. The number of amides is 1. The van der Waals surface area contributed by atoms with Crippen molar-refractivity contribution < 1.29 is 22.0 Å². The van der Waals surface area contributed by atoms with Crippen molar-refractivity contribution >= 4 is 38.5 Å². The van der Waals surface area contributed by atoms with Crippen LogP contribution in [0.1, 0.15) is 45.7 Å². The maximum Gasteiger partial charge on any atom is 0.285 e. The number of carbonyl (C=O) groups excluding carboxylic acids is 1. The number of rotatable bonds is 6. The molecule has 0 saturated carbocycles. The summed E-state index contributed by atoms with van der Waals surface area (Å²) in [5, 5.41) is 3.40. The third-order valence-corrected chi connectivity index (χ3v) is 7.25. The summed E-state index contributed by atoms with van der Waals surface area (Å²) in [5.41, 5.74) is 2.89. The Morgan fingerprint density at radius 1 is 1.07 bits per heavy atom. The highest BCUT2D eigenvalue weighted by atomic mass is 32.2. The molecule has 0 spiro atoms. The van der Waals surface area contributed by atoms with Crippen molar-refractivity contribution in [1.29, 1.82) is 0 Å². The topological polar surface area (TPSA) is 126 Å². The van der Waals surface area contributed by atoms with Gasteiger partial charge in [0.2, 0.25) is 16.0 Å². The molecule has 0 radical (unpaired) electrons. The second-order valence-corrected chi connectivity index (χ2v) is 11.7. The minimum Gasteiger partial charge on any atom is -0.376 e. The Bertz CT molecular complexity index is 1860. The highest BCUT2D eigenvalue weighted by molar-refractivity contribution is 7.89. The average molecular weight is 569 g/mol. The van der Waals surface area contributed by atoms with E-state index in [1.54, 1.807) is 26.1 Å².